The first kappa shape index (κ1) is 16.5. The highest BCUT2D eigenvalue weighted by Crippen LogP contribution is 2.30. The number of carbonyl (C=O) groups is 1. The number of aromatic nitrogens is 2. The Kier molecular flexibility index (Phi) is 5.15. The first-order valence-corrected chi connectivity index (χ1v) is 6.12. The molecule has 1 aromatic rings. The van der Waals surface area contributed by atoms with Gasteiger partial charge in [-0.2, -0.15) is 13.2 Å². The van der Waals surface area contributed by atoms with Crippen molar-refractivity contribution in [3.05, 3.63) is 17.0 Å². The van der Waals surface area contributed by atoms with Crippen molar-refractivity contribution in [2.24, 2.45) is 11.7 Å². The number of hydrogen-bond donors (Lipinski definition) is 1. The minimum Gasteiger partial charge on any atom is -0.368 e. The van der Waals surface area contributed by atoms with Gasteiger partial charge in [0.15, 0.2) is 5.69 Å². The maximum absolute atomic E-state index is 12.7. The van der Waals surface area contributed by atoms with Crippen molar-refractivity contribution in [3.63, 3.8) is 0 Å². The van der Waals surface area contributed by atoms with Crippen LogP contribution >= 0.6 is 11.6 Å². The molecule has 0 aromatic carbocycles. The lowest BCUT2D eigenvalue weighted by Crippen LogP contribution is -2.37. The van der Waals surface area contributed by atoms with E-state index < -0.39 is 23.1 Å². The van der Waals surface area contributed by atoms with E-state index in [-0.39, 0.29) is 18.3 Å². The summed E-state index contributed by atoms with van der Waals surface area (Å²) in [6.07, 6.45) is -4.64. The first-order chi connectivity index (χ1) is 9.09. The zero-order valence-electron chi connectivity index (χ0n) is 10.9. The summed E-state index contributed by atoms with van der Waals surface area (Å²) in [7, 11) is 0. The molecule has 0 bridgehead atoms. The van der Waals surface area contributed by atoms with Gasteiger partial charge in [0.05, 0.1) is 6.54 Å². The number of nitrogens with zero attached hydrogens (tertiary/aromatic N) is 3. The average molecular weight is 311 g/mol. The second-order valence-corrected chi connectivity index (χ2v) is 4.96. The van der Waals surface area contributed by atoms with Crippen LogP contribution in [0.1, 0.15) is 19.5 Å². The Labute approximate surface area is 118 Å². The summed E-state index contributed by atoms with van der Waals surface area (Å²) in [6, 6.07) is 0.747. The van der Waals surface area contributed by atoms with Crippen molar-refractivity contribution in [2.75, 3.05) is 18.0 Å². The molecular formula is C11H14ClF3N4O. The van der Waals surface area contributed by atoms with Gasteiger partial charge in [-0.3, -0.25) is 4.79 Å². The molecule has 0 saturated heterocycles. The number of amides is 1. The third-order valence-electron chi connectivity index (χ3n) is 2.23. The van der Waals surface area contributed by atoms with Gasteiger partial charge in [-0.25, -0.2) is 9.97 Å². The quantitative estimate of drug-likeness (QED) is 0.845. The summed E-state index contributed by atoms with van der Waals surface area (Å²) >= 11 is 5.51. The van der Waals surface area contributed by atoms with E-state index in [0.717, 1.165) is 6.07 Å². The largest absolute Gasteiger partial charge is 0.433 e. The summed E-state index contributed by atoms with van der Waals surface area (Å²) < 4.78 is 38.0. The summed E-state index contributed by atoms with van der Waals surface area (Å²) in [5.41, 5.74) is 3.93. The number of primary amides is 1. The Morgan fingerprint density at radius 3 is 2.50 bits per heavy atom. The van der Waals surface area contributed by atoms with Gasteiger partial charge < -0.3 is 10.6 Å². The van der Waals surface area contributed by atoms with Gasteiger partial charge in [0, 0.05) is 12.6 Å². The molecule has 0 saturated carbocycles. The monoisotopic (exact) mass is 310 g/mol. The summed E-state index contributed by atoms with van der Waals surface area (Å²) in [6.45, 7) is 3.76. The van der Waals surface area contributed by atoms with Crippen LogP contribution in [0.3, 0.4) is 0 Å². The standard InChI is InChI=1S/C11H14ClF3N4O/c1-6(2)4-19(5-8(16)20)9-3-7(11(13,14)15)17-10(12)18-9/h3,6H,4-5H2,1-2H3,(H2,16,20). The molecule has 0 atom stereocenters. The van der Waals surface area contributed by atoms with E-state index in [9.17, 15) is 18.0 Å². The predicted molar refractivity (Wildman–Crippen MR) is 68.3 cm³/mol. The van der Waals surface area contributed by atoms with Gasteiger partial charge in [0.1, 0.15) is 5.82 Å². The van der Waals surface area contributed by atoms with Crippen LogP contribution in [0.25, 0.3) is 0 Å². The lowest BCUT2D eigenvalue weighted by Gasteiger charge is -2.24. The molecule has 0 aliphatic carbocycles. The highest BCUT2D eigenvalue weighted by atomic mass is 35.5. The lowest BCUT2D eigenvalue weighted by atomic mass is 10.2. The molecule has 0 spiro atoms. The molecule has 1 heterocycles. The van der Waals surface area contributed by atoms with Gasteiger partial charge in [-0.15, -0.1) is 0 Å². The first-order valence-electron chi connectivity index (χ1n) is 5.74. The van der Waals surface area contributed by atoms with E-state index in [1.165, 1.54) is 4.90 Å². The third-order valence-corrected chi connectivity index (χ3v) is 2.40. The van der Waals surface area contributed by atoms with Crippen molar-refractivity contribution in [1.82, 2.24) is 9.97 Å². The minimum atomic E-state index is -4.64. The smallest absolute Gasteiger partial charge is 0.368 e. The van der Waals surface area contributed by atoms with Gasteiger partial charge in [0.2, 0.25) is 11.2 Å². The Bertz CT molecular complexity index is 493. The molecule has 0 fully saturated rings. The number of alkyl halides is 3. The SMILES string of the molecule is CC(C)CN(CC(N)=O)c1cc(C(F)(F)F)nc(Cl)n1. The van der Waals surface area contributed by atoms with Gasteiger partial charge in [-0.05, 0) is 17.5 Å². The molecule has 1 rings (SSSR count). The Hall–Kier alpha value is -1.57. The molecule has 112 valence electrons. The summed E-state index contributed by atoms with van der Waals surface area (Å²) in [5.74, 6) is -0.656. The Balaban J connectivity index is 3.18. The average Bonchev–Trinajstić information content (AvgIpc) is 2.24. The predicted octanol–water partition coefficient (Wildman–Crippen LogP) is 2.10. The van der Waals surface area contributed by atoms with Crippen LogP contribution in [-0.4, -0.2) is 29.0 Å². The van der Waals surface area contributed by atoms with Crippen molar-refractivity contribution in [2.45, 2.75) is 20.0 Å². The zero-order valence-corrected chi connectivity index (χ0v) is 11.7. The van der Waals surface area contributed by atoms with Crippen molar-refractivity contribution >= 4 is 23.3 Å². The molecular weight excluding hydrogens is 297 g/mol. The van der Waals surface area contributed by atoms with E-state index in [1.54, 1.807) is 0 Å². The number of anilines is 1. The number of rotatable bonds is 5. The fourth-order valence-corrected chi connectivity index (χ4v) is 1.76. The normalized spacial score (nSPS) is 11.8. The number of carbonyl (C=O) groups excluding carboxylic acids is 1. The number of halogens is 4. The fourth-order valence-electron chi connectivity index (χ4n) is 1.58. The van der Waals surface area contributed by atoms with Crippen LogP contribution in [0.2, 0.25) is 5.28 Å². The van der Waals surface area contributed by atoms with E-state index in [1.807, 2.05) is 13.8 Å². The molecule has 20 heavy (non-hydrogen) atoms. The van der Waals surface area contributed by atoms with Gasteiger partial charge in [0.25, 0.3) is 0 Å². The molecule has 5 nitrogen and oxygen atoms in total. The van der Waals surface area contributed by atoms with Crippen LogP contribution in [0.5, 0.6) is 0 Å². The van der Waals surface area contributed by atoms with Crippen molar-refractivity contribution in [3.8, 4) is 0 Å². The molecule has 2 N–H and O–H groups in total. The molecule has 1 amide bonds. The summed E-state index contributed by atoms with van der Waals surface area (Å²) in [5, 5.41) is -0.534. The maximum atomic E-state index is 12.7. The topological polar surface area (TPSA) is 72.1 Å². The highest BCUT2D eigenvalue weighted by molar-refractivity contribution is 6.28. The number of nitrogens with two attached hydrogens (primary N) is 1. The Morgan fingerprint density at radius 1 is 1.45 bits per heavy atom. The highest BCUT2D eigenvalue weighted by Gasteiger charge is 2.34. The van der Waals surface area contributed by atoms with Crippen molar-refractivity contribution in [1.29, 1.82) is 0 Å². The van der Waals surface area contributed by atoms with E-state index >= 15 is 0 Å². The van der Waals surface area contributed by atoms with Crippen LogP contribution in [0.4, 0.5) is 19.0 Å². The van der Waals surface area contributed by atoms with E-state index in [0.29, 0.717) is 6.54 Å². The van der Waals surface area contributed by atoms with Crippen LogP contribution in [0, 0.1) is 5.92 Å². The molecule has 0 unspecified atom stereocenters. The second-order valence-electron chi connectivity index (χ2n) is 4.62. The van der Waals surface area contributed by atoms with E-state index in [4.69, 9.17) is 17.3 Å². The molecule has 9 heteroatoms. The van der Waals surface area contributed by atoms with Crippen LogP contribution in [0.15, 0.2) is 6.07 Å². The summed E-state index contributed by atoms with van der Waals surface area (Å²) in [4.78, 5) is 19.2. The molecule has 1 aromatic heterocycles. The fraction of sp³-hybridized carbons (Fsp3) is 0.545. The minimum absolute atomic E-state index is 0.0789. The second kappa shape index (κ2) is 6.25. The molecule has 0 aliphatic heterocycles. The maximum Gasteiger partial charge on any atom is 0.433 e. The van der Waals surface area contributed by atoms with Crippen LogP contribution in [-0.2, 0) is 11.0 Å². The van der Waals surface area contributed by atoms with Gasteiger partial charge in [-0.1, -0.05) is 13.8 Å². The van der Waals surface area contributed by atoms with Gasteiger partial charge >= 0.3 is 6.18 Å². The molecule has 0 radical (unpaired) electrons. The van der Waals surface area contributed by atoms with Crippen LogP contribution < -0.4 is 10.6 Å². The lowest BCUT2D eigenvalue weighted by molar-refractivity contribution is -0.141. The van der Waals surface area contributed by atoms with Crippen molar-refractivity contribution < 1.29 is 18.0 Å². The zero-order chi connectivity index (χ0) is 15.5. The molecule has 0 aliphatic rings. The third kappa shape index (κ3) is 4.84. The number of hydrogen-bond acceptors (Lipinski definition) is 4. The van der Waals surface area contributed by atoms with E-state index in [2.05, 4.69) is 9.97 Å². The Morgan fingerprint density at radius 2 is 2.05 bits per heavy atom.